The quantitative estimate of drug-likeness (QED) is 0.841. The predicted octanol–water partition coefficient (Wildman–Crippen LogP) is 3.63. The maximum absolute atomic E-state index is 5.97. The summed E-state index contributed by atoms with van der Waals surface area (Å²) >= 11 is 5.97. The molecule has 1 fully saturated rings. The minimum Gasteiger partial charge on any atom is -0.324 e. The number of hydrogen-bond acceptors (Lipinski definition) is 4. The van der Waals surface area contributed by atoms with Gasteiger partial charge < -0.3 is 9.42 Å². The molecule has 1 aromatic carbocycles. The first kappa shape index (κ1) is 12.5. The van der Waals surface area contributed by atoms with Gasteiger partial charge in [-0.2, -0.15) is 4.98 Å². The molecule has 0 spiro atoms. The van der Waals surface area contributed by atoms with Gasteiger partial charge in [0.25, 0.3) is 0 Å². The van der Waals surface area contributed by atoms with E-state index in [-0.39, 0.29) is 0 Å². The molecule has 5 heteroatoms. The average Bonchev–Trinajstić information content (AvgIpc) is 2.89. The maximum Gasteiger partial charge on any atom is 0.324 e. The molecule has 0 N–H and O–H groups in total. The van der Waals surface area contributed by atoms with E-state index in [1.807, 2.05) is 24.3 Å². The Balaban J connectivity index is 1.80. The van der Waals surface area contributed by atoms with E-state index in [2.05, 4.69) is 22.0 Å². The van der Waals surface area contributed by atoms with Crippen LogP contribution in [0.3, 0.4) is 0 Å². The van der Waals surface area contributed by atoms with Crippen LogP contribution < -0.4 is 4.90 Å². The van der Waals surface area contributed by atoms with Crippen molar-refractivity contribution >= 4 is 17.6 Å². The highest BCUT2D eigenvalue weighted by molar-refractivity contribution is 6.30. The minimum atomic E-state index is 0.594. The van der Waals surface area contributed by atoms with Crippen molar-refractivity contribution in [3.63, 3.8) is 0 Å². The van der Waals surface area contributed by atoms with Gasteiger partial charge in [-0.15, -0.1) is 0 Å². The van der Waals surface area contributed by atoms with Crippen molar-refractivity contribution in [3.8, 4) is 11.4 Å². The van der Waals surface area contributed by atoms with Crippen molar-refractivity contribution in [2.45, 2.75) is 19.8 Å². The molecule has 0 amide bonds. The molecule has 19 heavy (non-hydrogen) atoms. The molecule has 0 unspecified atom stereocenters. The molecule has 0 saturated carbocycles. The van der Waals surface area contributed by atoms with Gasteiger partial charge >= 0.3 is 6.01 Å². The molecule has 4 nitrogen and oxygen atoms in total. The van der Waals surface area contributed by atoms with Gasteiger partial charge in [-0.05, 0) is 30.9 Å². The smallest absolute Gasteiger partial charge is 0.324 e. The van der Waals surface area contributed by atoms with E-state index in [1.165, 1.54) is 12.8 Å². The number of aromatic nitrogens is 2. The molecule has 2 aromatic rings. The Kier molecular flexibility index (Phi) is 3.42. The lowest BCUT2D eigenvalue weighted by molar-refractivity contribution is 0.377. The lowest BCUT2D eigenvalue weighted by Crippen LogP contribution is -2.32. The van der Waals surface area contributed by atoms with Gasteiger partial charge in [0.15, 0.2) is 0 Å². The first-order valence-electron chi connectivity index (χ1n) is 6.57. The summed E-state index contributed by atoms with van der Waals surface area (Å²) in [7, 11) is 0. The summed E-state index contributed by atoms with van der Waals surface area (Å²) in [6, 6.07) is 8.10. The fourth-order valence-electron chi connectivity index (χ4n) is 2.29. The standard InChI is InChI=1S/C14H16ClN3O/c1-10-5-7-18(8-6-10)14-16-13(17-19-14)11-3-2-4-12(15)9-11/h2-4,9-10H,5-8H2,1H3. The predicted molar refractivity (Wildman–Crippen MR) is 75.4 cm³/mol. The van der Waals surface area contributed by atoms with Gasteiger partial charge in [0.05, 0.1) is 0 Å². The van der Waals surface area contributed by atoms with E-state index in [4.69, 9.17) is 16.1 Å². The molecular formula is C14H16ClN3O. The maximum atomic E-state index is 5.97. The Morgan fingerprint density at radius 3 is 2.84 bits per heavy atom. The number of piperidine rings is 1. The second-order valence-electron chi connectivity index (χ2n) is 5.08. The third-order valence-electron chi connectivity index (χ3n) is 3.55. The van der Waals surface area contributed by atoms with E-state index in [0.717, 1.165) is 24.6 Å². The fraction of sp³-hybridized carbons (Fsp3) is 0.429. The summed E-state index contributed by atoms with van der Waals surface area (Å²) in [5, 5.41) is 4.71. The van der Waals surface area contributed by atoms with Crippen molar-refractivity contribution < 1.29 is 4.52 Å². The molecule has 0 atom stereocenters. The minimum absolute atomic E-state index is 0.594. The molecule has 100 valence electrons. The summed E-state index contributed by atoms with van der Waals surface area (Å²) in [5.74, 6) is 1.38. The first-order chi connectivity index (χ1) is 9.22. The third kappa shape index (κ3) is 2.73. The topological polar surface area (TPSA) is 42.2 Å². The number of halogens is 1. The van der Waals surface area contributed by atoms with Crippen LogP contribution in [0.25, 0.3) is 11.4 Å². The normalized spacial score (nSPS) is 16.8. The Morgan fingerprint density at radius 1 is 1.32 bits per heavy atom. The van der Waals surface area contributed by atoms with Crippen LogP contribution in [0.4, 0.5) is 6.01 Å². The first-order valence-corrected chi connectivity index (χ1v) is 6.95. The number of rotatable bonds is 2. The van der Waals surface area contributed by atoms with E-state index >= 15 is 0 Å². The van der Waals surface area contributed by atoms with Crippen molar-refractivity contribution in [3.05, 3.63) is 29.3 Å². The van der Waals surface area contributed by atoms with E-state index in [0.29, 0.717) is 16.9 Å². The zero-order valence-corrected chi connectivity index (χ0v) is 11.6. The monoisotopic (exact) mass is 277 g/mol. The zero-order valence-electron chi connectivity index (χ0n) is 10.8. The number of hydrogen-bond donors (Lipinski definition) is 0. The molecule has 1 aromatic heterocycles. The van der Waals surface area contributed by atoms with Crippen LogP contribution in [0.15, 0.2) is 28.8 Å². The SMILES string of the molecule is CC1CCN(c2nc(-c3cccc(Cl)c3)no2)CC1. The van der Waals surface area contributed by atoms with E-state index < -0.39 is 0 Å². The highest BCUT2D eigenvalue weighted by atomic mass is 35.5. The summed E-state index contributed by atoms with van der Waals surface area (Å²) in [6.45, 7) is 4.25. The van der Waals surface area contributed by atoms with Gasteiger partial charge in [-0.3, -0.25) is 0 Å². The highest BCUT2D eigenvalue weighted by Crippen LogP contribution is 2.25. The summed E-state index contributed by atoms with van der Waals surface area (Å²) in [4.78, 5) is 6.61. The summed E-state index contributed by atoms with van der Waals surface area (Å²) in [5.41, 5.74) is 0.882. The number of nitrogens with zero attached hydrogens (tertiary/aromatic N) is 3. The summed E-state index contributed by atoms with van der Waals surface area (Å²) < 4.78 is 5.36. The fourth-order valence-corrected chi connectivity index (χ4v) is 2.48. The Bertz CT molecular complexity index is 561. The van der Waals surface area contributed by atoms with Gasteiger partial charge in [0.2, 0.25) is 5.82 Å². The lowest BCUT2D eigenvalue weighted by Gasteiger charge is -2.28. The molecule has 0 radical (unpaired) electrons. The van der Waals surface area contributed by atoms with Crippen molar-refractivity contribution in [1.82, 2.24) is 10.1 Å². The number of benzene rings is 1. The Morgan fingerprint density at radius 2 is 2.11 bits per heavy atom. The second-order valence-corrected chi connectivity index (χ2v) is 5.52. The third-order valence-corrected chi connectivity index (χ3v) is 3.79. The molecule has 1 aliphatic heterocycles. The van der Waals surface area contributed by atoms with Crippen molar-refractivity contribution in [2.75, 3.05) is 18.0 Å². The Labute approximate surface area is 117 Å². The van der Waals surface area contributed by atoms with Crippen LogP contribution in [0, 0.1) is 5.92 Å². The van der Waals surface area contributed by atoms with Crippen LogP contribution in [-0.4, -0.2) is 23.2 Å². The molecule has 2 heterocycles. The largest absolute Gasteiger partial charge is 0.324 e. The molecule has 0 aliphatic carbocycles. The molecule has 0 bridgehead atoms. The van der Waals surface area contributed by atoms with E-state index in [1.54, 1.807) is 0 Å². The second kappa shape index (κ2) is 5.21. The van der Waals surface area contributed by atoms with Crippen LogP contribution in [0.2, 0.25) is 5.02 Å². The van der Waals surface area contributed by atoms with Crippen LogP contribution in [0.5, 0.6) is 0 Å². The highest BCUT2D eigenvalue weighted by Gasteiger charge is 2.21. The van der Waals surface area contributed by atoms with Gasteiger partial charge in [-0.1, -0.05) is 35.8 Å². The van der Waals surface area contributed by atoms with Crippen LogP contribution >= 0.6 is 11.6 Å². The van der Waals surface area contributed by atoms with Crippen LogP contribution in [-0.2, 0) is 0 Å². The van der Waals surface area contributed by atoms with E-state index in [9.17, 15) is 0 Å². The molecule has 1 aliphatic rings. The van der Waals surface area contributed by atoms with Crippen molar-refractivity contribution in [2.24, 2.45) is 5.92 Å². The van der Waals surface area contributed by atoms with Crippen molar-refractivity contribution in [1.29, 1.82) is 0 Å². The average molecular weight is 278 g/mol. The molecule has 1 saturated heterocycles. The zero-order chi connectivity index (χ0) is 13.2. The summed E-state index contributed by atoms with van der Waals surface area (Å²) in [6.07, 6.45) is 2.35. The van der Waals surface area contributed by atoms with Gasteiger partial charge in [-0.25, -0.2) is 0 Å². The lowest BCUT2D eigenvalue weighted by atomic mass is 10.00. The van der Waals surface area contributed by atoms with Gasteiger partial charge in [0, 0.05) is 23.7 Å². The number of anilines is 1. The van der Waals surface area contributed by atoms with Crippen LogP contribution in [0.1, 0.15) is 19.8 Å². The molecular weight excluding hydrogens is 262 g/mol. The molecule has 3 rings (SSSR count). The van der Waals surface area contributed by atoms with Gasteiger partial charge in [0.1, 0.15) is 0 Å². The Hall–Kier alpha value is -1.55.